The van der Waals surface area contributed by atoms with Gasteiger partial charge < -0.3 is 19.8 Å². The summed E-state index contributed by atoms with van der Waals surface area (Å²) in [6, 6.07) is 8.65. The van der Waals surface area contributed by atoms with Crippen molar-refractivity contribution in [2.24, 2.45) is 0 Å². The molecule has 0 aliphatic carbocycles. The lowest BCUT2D eigenvalue weighted by molar-refractivity contribution is -0.192. The van der Waals surface area contributed by atoms with Crippen molar-refractivity contribution in [1.29, 1.82) is 0 Å². The molecule has 202 valence electrons. The van der Waals surface area contributed by atoms with Gasteiger partial charge in [0.1, 0.15) is 12.6 Å². The molecular weight excluding hydrogens is 485 g/mol. The second-order valence-electron chi connectivity index (χ2n) is 8.21. The van der Waals surface area contributed by atoms with Gasteiger partial charge in [0.05, 0.1) is 12.6 Å². The lowest BCUT2D eigenvalue weighted by Gasteiger charge is -2.28. The number of carbonyl (C=O) groups is 4. The van der Waals surface area contributed by atoms with Gasteiger partial charge in [-0.3, -0.25) is 19.7 Å². The zero-order chi connectivity index (χ0) is 27.1. The number of nitrogens with one attached hydrogen (secondary N) is 1. The van der Waals surface area contributed by atoms with Crippen molar-refractivity contribution in [3.63, 3.8) is 0 Å². The van der Waals surface area contributed by atoms with Crippen molar-refractivity contribution >= 4 is 23.8 Å². The average molecular weight is 519 g/mol. The van der Waals surface area contributed by atoms with Crippen molar-refractivity contribution < 1.29 is 47.3 Å². The number of aliphatic carboxylic acids is 2. The number of benzene rings is 1. The van der Waals surface area contributed by atoms with Crippen LogP contribution < -0.4 is 5.32 Å². The molecule has 9 nitrogen and oxygen atoms in total. The predicted molar refractivity (Wildman–Crippen MR) is 123 cm³/mol. The summed E-state index contributed by atoms with van der Waals surface area (Å²) < 4.78 is 37.0. The molecule has 1 aromatic carbocycles. The molecule has 0 bridgehead atoms. The van der Waals surface area contributed by atoms with Crippen LogP contribution in [0.5, 0.6) is 0 Å². The number of aryl methyl sites for hydroxylation is 1. The van der Waals surface area contributed by atoms with Crippen LogP contribution in [0, 0.1) is 0 Å². The van der Waals surface area contributed by atoms with Crippen molar-refractivity contribution in [3.8, 4) is 0 Å². The van der Waals surface area contributed by atoms with E-state index in [-0.39, 0.29) is 25.0 Å². The van der Waals surface area contributed by atoms with Crippen LogP contribution in [0.3, 0.4) is 0 Å². The van der Waals surface area contributed by atoms with E-state index >= 15 is 0 Å². The number of esters is 1. The second kappa shape index (κ2) is 15.8. The van der Waals surface area contributed by atoms with Crippen LogP contribution in [0.2, 0.25) is 0 Å². The molecule has 12 heteroatoms. The zero-order valence-corrected chi connectivity index (χ0v) is 20.1. The Hall–Kier alpha value is -3.15. The maximum Gasteiger partial charge on any atom is 0.490 e. The van der Waals surface area contributed by atoms with E-state index in [9.17, 15) is 27.6 Å². The number of halogens is 3. The minimum atomic E-state index is -5.08. The van der Waals surface area contributed by atoms with Crippen LogP contribution >= 0.6 is 0 Å². The summed E-state index contributed by atoms with van der Waals surface area (Å²) in [6.45, 7) is 2.14. The van der Waals surface area contributed by atoms with E-state index in [4.69, 9.17) is 19.7 Å². The number of carboxylic acids is 2. The van der Waals surface area contributed by atoms with Crippen molar-refractivity contribution in [2.45, 2.75) is 70.1 Å². The highest BCUT2D eigenvalue weighted by atomic mass is 19.4. The average Bonchev–Trinajstić information content (AvgIpc) is 2.88. The first-order chi connectivity index (χ1) is 17.0. The summed E-state index contributed by atoms with van der Waals surface area (Å²) in [5.74, 6) is -4.40. The van der Waals surface area contributed by atoms with E-state index in [0.717, 1.165) is 31.2 Å². The first kappa shape index (κ1) is 30.9. The van der Waals surface area contributed by atoms with Gasteiger partial charge >= 0.3 is 24.1 Å². The Morgan fingerprint density at radius 3 is 2.28 bits per heavy atom. The Labute approximate surface area is 207 Å². The topological polar surface area (TPSA) is 133 Å². The van der Waals surface area contributed by atoms with Crippen LogP contribution in [0.25, 0.3) is 0 Å². The van der Waals surface area contributed by atoms with E-state index in [0.29, 0.717) is 25.8 Å². The molecule has 1 aliphatic rings. The molecule has 1 aromatic rings. The van der Waals surface area contributed by atoms with Gasteiger partial charge in [0.15, 0.2) is 0 Å². The number of hydrogen-bond donors (Lipinski definition) is 3. The molecule has 2 unspecified atom stereocenters. The van der Waals surface area contributed by atoms with Gasteiger partial charge in [-0.15, -0.1) is 0 Å². The Bertz CT molecular complexity index is 850. The minimum absolute atomic E-state index is 0.247. The molecule has 0 saturated carbocycles. The van der Waals surface area contributed by atoms with Crippen LogP contribution in [0.4, 0.5) is 13.2 Å². The molecule has 2 atom stereocenters. The maximum atomic E-state index is 13.0. The number of ether oxygens (including phenoxy) is 1. The lowest BCUT2D eigenvalue weighted by Crippen LogP contribution is -2.53. The van der Waals surface area contributed by atoms with Gasteiger partial charge in [0.2, 0.25) is 5.91 Å². The molecule has 2 rings (SSSR count). The molecule has 36 heavy (non-hydrogen) atoms. The predicted octanol–water partition coefficient (Wildman–Crippen LogP) is 3.02. The summed E-state index contributed by atoms with van der Waals surface area (Å²) >= 11 is 0. The fraction of sp³-hybridized carbons (Fsp3) is 0.583. The van der Waals surface area contributed by atoms with Gasteiger partial charge in [-0.05, 0) is 38.2 Å². The van der Waals surface area contributed by atoms with Crippen LogP contribution in [-0.2, 0) is 30.3 Å². The Morgan fingerprint density at radius 1 is 1.11 bits per heavy atom. The minimum Gasteiger partial charge on any atom is -0.480 e. The molecule has 1 amide bonds. The van der Waals surface area contributed by atoms with Gasteiger partial charge in [0, 0.05) is 6.54 Å². The number of carboxylic acid groups (broad SMARTS) is 2. The van der Waals surface area contributed by atoms with Crippen LogP contribution in [0.1, 0.15) is 51.0 Å². The molecule has 1 saturated heterocycles. The third-order valence-electron chi connectivity index (χ3n) is 5.39. The first-order valence-corrected chi connectivity index (χ1v) is 11.7. The number of rotatable bonds is 9. The van der Waals surface area contributed by atoms with Crippen LogP contribution in [0.15, 0.2) is 30.3 Å². The standard InChI is InChI=1S/C22H32N2O5.C2HF3O2/c1-2-29-22(28)19(14-13-17-10-6-5-7-11-17)23-18-12-8-3-4-9-15-24(21(18)27)16-20(25)26;3-2(4,5)1(6)7/h5-7,10-11,18-19,23H,2-4,8-9,12-16H2,1H3,(H,25,26);(H,6,7). The van der Waals surface area contributed by atoms with E-state index in [1.807, 2.05) is 30.3 Å². The second-order valence-corrected chi connectivity index (χ2v) is 8.21. The van der Waals surface area contributed by atoms with Crippen molar-refractivity contribution in [1.82, 2.24) is 10.2 Å². The lowest BCUT2D eigenvalue weighted by atomic mass is 10.0. The number of alkyl halides is 3. The highest BCUT2D eigenvalue weighted by Gasteiger charge is 2.38. The fourth-order valence-electron chi connectivity index (χ4n) is 3.64. The number of amides is 1. The molecule has 1 fully saturated rings. The highest BCUT2D eigenvalue weighted by molar-refractivity contribution is 5.86. The van der Waals surface area contributed by atoms with E-state index in [1.165, 1.54) is 4.90 Å². The molecule has 0 spiro atoms. The Morgan fingerprint density at radius 2 is 1.72 bits per heavy atom. The summed E-state index contributed by atoms with van der Waals surface area (Å²) in [6.07, 6.45) is 0.282. The Balaban J connectivity index is 0.000000809. The zero-order valence-electron chi connectivity index (χ0n) is 20.1. The summed E-state index contributed by atoms with van der Waals surface area (Å²) in [4.78, 5) is 47.0. The third kappa shape index (κ3) is 12.0. The number of hydrogen-bond acceptors (Lipinski definition) is 6. The molecule has 0 aromatic heterocycles. The summed E-state index contributed by atoms with van der Waals surface area (Å²) in [5.41, 5.74) is 1.11. The van der Waals surface area contributed by atoms with Gasteiger partial charge in [0.25, 0.3) is 0 Å². The van der Waals surface area contributed by atoms with Crippen molar-refractivity contribution in [3.05, 3.63) is 35.9 Å². The quantitative estimate of drug-likeness (QED) is 0.425. The monoisotopic (exact) mass is 518 g/mol. The van der Waals surface area contributed by atoms with Gasteiger partial charge in [-0.1, -0.05) is 49.6 Å². The molecular formula is C24H33F3N2O7. The molecule has 1 aliphatic heterocycles. The fourth-order valence-corrected chi connectivity index (χ4v) is 3.64. The largest absolute Gasteiger partial charge is 0.490 e. The normalized spacial score (nSPS) is 17.5. The van der Waals surface area contributed by atoms with E-state index in [2.05, 4.69) is 5.32 Å². The third-order valence-corrected chi connectivity index (χ3v) is 5.39. The SMILES string of the molecule is CCOC(=O)C(CCc1ccccc1)NC1CCCCCCN(CC(=O)O)C1=O.O=C(O)C(F)(F)F. The van der Waals surface area contributed by atoms with Crippen LogP contribution in [-0.4, -0.2) is 76.9 Å². The van der Waals surface area contributed by atoms with Gasteiger partial charge in [-0.25, -0.2) is 4.79 Å². The van der Waals surface area contributed by atoms with E-state index in [1.54, 1.807) is 6.92 Å². The highest BCUT2D eigenvalue weighted by Crippen LogP contribution is 2.16. The number of carbonyl (C=O) groups excluding carboxylic acids is 2. The molecule has 3 N–H and O–H groups in total. The van der Waals surface area contributed by atoms with E-state index < -0.39 is 30.2 Å². The summed E-state index contributed by atoms with van der Waals surface area (Å²) in [5, 5.41) is 19.5. The molecule has 1 heterocycles. The van der Waals surface area contributed by atoms with Gasteiger partial charge in [-0.2, -0.15) is 13.2 Å². The summed E-state index contributed by atoms with van der Waals surface area (Å²) in [7, 11) is 0. The number of nitrogens with zero attached hydrogens (tertiary/aromatic N) is 1. The smallest absolute Gasteiger partial charge is 0.480 e. The Kier molecular flexibility index (Phi) is 13.5. The molecule has 0 radical (unpaired) electrons. The maximum absolute atomic E-state index is 13.0. The first-order valence-electron chi connectivity index (χ1n) is 11.7. The van der Waals surface area contributed by atoms with Crippen molar-refractivity contribution in [2.75, 3.05) is 19.7 Å².